The summed E-state index contributed by atoms with van der Waals surface area (Å²) in [4.78, 5) is 0. The van der Waals surface area contributed by atoms with Crippen LogP contribution < -0.4 is 11.5 Å². The Morgan fingerprint density at radius 2 is 1.17 bits per heavy atom. The summed E-state index contributed by atoms with van der Waals surface area (Å²) in [5.74, 6) is 0. The normalized spacial score (nSPS) is 13.6. The summed E-state index contributed by atoms with van der Waals surface area (Å²) >= 11 is 0. The van der Waals surface area contributed by atoms with Crippen molar-refractivity contribution < 1.29 is 8.85 Å². The Balaban J connectivity index is 4.34. The molecule has 0 radical (unpaired) electrons. The van der Waals surface area contributed by atoms with Gasteiger partial charge in [-0.1, -0.05) is 12.8 Å². The second-order valence-corrected chi connectivity index (χ2v) is 16.6. The second kappa shape index (κ2) is 11.0. The summed E-state index contributed by atoms with van der Waals surface area (Å²) in [5.41, 5.74) is 12.4. The van der Waals surface area contributed by atoms with Crippen molar-refractivity contribution >= 4 is 16.6 Å². The van der Waals surface area contributed by atoms with Crippen molar-refractivity contribution in [3.05, 3.63) is 0 Å². The average Bonchev–Trinajstić information content (AvgIpc) is 2.37. The van der Waals surface area contributed by atoms with Gasteiger partial charge in [-0.3, -0.25) is 0 Å². The molecule has 0 spiro atoms. The van der Waals surface area contributed by atoms with Crippen LogP contribution in [0.25, 0.3) is 0 Å². The van der Waals surface area contributed by atoms with Crippen molar-refractivity contribution in [3.63, 3.8) is 0 Å². The summed E-state index contributed by atoms with van der Waals surface area (Å²) in [6.07, 6.45) is 5.35. The van der Waals surface area contributed by atoms with E-state index in [1.165, 1.54) is 12.1 Å². The number of rotatable bonds is 14. The first-order valence-electron chi connectivity index (χ1n) is 9.36. The molecule has 0 aliphatic rings. The molecule has 0 aromatic carbocycles. The van der Waals surface area contributed by atoms with Gasteiger partial charge in [-0.05, 0) is 77.9 Å². The number of hydrogen-bond donors (Lipinski definition) is 2. The van der Waals surface area contributed by atoms with Crippen molar-refractivity contribution in [2.24, 2.45) is 11.5 Å². The molecule has 0 aliphatic carbocycles. The molecule has 0 aliphatic heterocycles. The quantitative estimate of drug-likeness (QED) is 0.457. The van der Waals surface area contributed by atoms with Gasteiger partial charge in [0.1, 0.15) is 0 Å². The van der Waals surface area contributed by atoms with Crippen LogP contribution in [0.5, 0.6) is 0 Å². The van der Waals surface area contributed by atoms with Gasteiger partial charge in [0, 0.05) is 18.8 Å². The topological polar surface area (TPSA) is 70.5 Å². The summed E-state index contributed by atoms with van der Waals surface area (Å²) < 4.78 is 11.8. The molecule has 0 atom stereocenters. The molecule has 0 fully saturated rings. The van der Waals surface area contributed by atoms with Crippen molar-refractivity contribution in [2.45, 2.75) is 89.8 Å². The molecule has 0 heterocycles. The third-order valence-electron chi connectivity index (χ3n) is 4.62. The lowest BCUT2D eigenvalue weighted by atomic mass is 9.86. The largest absolute Gasteiger partial charge is 0.418 e. The lowest BCUT2D eigenvalue weighted by molar-refractivity contribution is 0.308. The van der Waals surface area contributed by atoms with Crippen LogP contribution in [0.2, 0.25) is 38.3 Å². The average molecular weight is 363 g/mol. The minimum Gasteiger partial charge on any atom is -0.418 e. The summed E-state index contributed by atoms with van der Waals surface area (Å²) in [6.45, 7) is 15.7. The van der Waals surface area contributed by atoms with E-state index in [0.29, 0.717) is 6.54 Å². The Morgan fingerprint density at radius 1 is 0.783 bits per heavy atom. The Kier molecular flexibility index (Phi) is 11.1. The van der Waals surface area contributed by atoms with E-state index in [9.17, 15) is 0 Å². The predicted molar refractivity (Wildman–Crippen MR) is 107 cm³/mol. The molecule has 0 unspecified atom stereocenters. The van der Waals surface area contributed by atoms with Crippen LogP contribution in [0.1, 0.15) is 46.0 Å². The maximum Gasteiger partial charge on any atom is 0.186 e. The van der Waals surface area contributed by atoms with Gasteiger partial charge < -0.3 is 20.3 Å². The highest BCUT2D eigenvalue weighted by molar-refractivity contribution is 6.71. The molecule has 0 aromatic rings. The molecule has 0 rings (SSSR count). The van der Waals surface area contributed by atoms with Crippen LogP contribution in [0.4, 0.5) is 0 Å². The van der Waals surface area contributed by atoms with Gasteiger partial charge >= 0.3 is 0 Å². The predicted octanol–water partition coefficient (Wildman–Crippen LogP) is 4.08. The lowest BCUT2D eigenvalue weighted by Gasteiger charge is -2.32. The first kappa shape index (κ1) is 23.3. The molecule has 0 amide bonds. The molecule has 140 valence electrons. The second-order valence-electron chi connectivity index (χ2n) is 7.99. The minimum atomic E-state index is -1.50. The molecule has 0 saturated carbocycles. The molecule has 23 heavy (non-hydrogen) atoms. The van der Waals surface area contributed by atoms with Crippen molar-refractivity contribution in [1.82, 2.24) is 0 Å². The maximum absolute atomic E-state index is 6.68. The fourth-order valence-electron chi connectivity index (χ4n) is 3.32. The third kappa shape index (κ3) is 11.5. The summed E-state index contributed by atoms with van der Waals surface area (Å²) in [6, 6.07) is 2.37. The lowest BCUT2D eigenvalue weighted by Crippen LogP contribution is -2.43. The first-order chi connectivity index (χ1) is 10.6. The molecule has 0 bridgehead atoms. The Labute approximate surface area is 146 Å². The van der Waals surface area contributed by atoms with Crippen molar-refractivity contribution in [2.75, 3.05) is 19.8 Å². The van der Waals surface area contributed by atoms with Crippen LogP contribution >= 0.6 is 0 Å². The van der Waals surface area contributed by atoms with E-state index in [1.54, 1.807) is 0 Å². The van der Waals surface area contributed by atoms with E-state index < -0.39 is 16.6 Å². The van der Waals surface area contributed by atoms with Crippen molar-refractivity contribution in [3.8, 4) is 0 Å². The smallest absolute Gasteiger partial charge is 0.186 e. The molecule has 0 saturated heterocycles. The molecule has 6 heteroatoms. The van der Waals surface area contributed by atoms with Gasteiger partial charge in [-0.25, -0.2) is 0 Å². The fourth-order valence-corrected chi connectivity index (χ4v) is 7.23. The molecule has 4 nitrogen and oxygen atoms in total. The van der Waals surface area contributed by atoms with E-state index in [2.05, 4.69) is 40.0 Å². The third-order valence-corrected chi connectivity index (χ3v) is 9.88. The highest BCUT2D eigenvalue weighted by Crippen LogP contribution is 2.27. The fraction of sp³-hybridized carbons (Fsp3) is 1.00. The van der Waals surface area contributed by atoms with Gasteiger partial charge in [0.2, 0.25) is 0 Å². The van der Waals surface area contributed by atoms with E-state index in [1.807, 2.05) is 0 Å². The van der Waals surface area contributed by atoms with Crippen LogP contribution in [-0.4, -0.2) is 41.9 Å². The zero-order valence-electron chi connectivity index (χ0n) is 16.5. The first-order valence-corrected chi connectivity index (χ1v) is 15.6. The Morgan fingerprint density at radius 3 is 1.48 bits per heavy atom. The highest BCUT2D eigenvalue weighted by Gasteiger charge is 2.29. The van der Waals surface area contributed by atoms with Crippen LogP contribution in [0, 0.1) is 0 Å². The van der Waals surface area contributed by atoms with Gasteiger partial charge in [-0.15, -0.1) is 0 Å². The van der Waals surface area contributed by atoms with E-state index in [0.717, 1.165) is 45.3 Å². The number of hydrogen-bond acceptors (Lipinski definition) is 4. The van der Waals surface area contributed by atoms with Crippen LogP contribution in [0.15, 0.2) is 0 Å². The van der Waals surface area contributed by atoms with E-state index in [-0.39, 0.29) is 5.54 Å². The Hall–Kier alpha value is 0.274. The number of nitrogens with two attached hydrogens (primary N) is 2. The van der Waals surface area contributed by atoms with Gasteiger partial charge in [0.15, 0.2) is 16.6 Å². The van der Waals surface area contributed by atoms with Crippen LogP contribution in [0.3, 0.4) is 0 Å². The van der Waals surface area contributed by atoms with Gasteiger partial charge in [0.25, 0.3) is 0 Å². The maximum atomic E-state index is 6.68. The summed E-state index contributed by atoms with van der Waals surface area (Å²) in [5, 5.41) is 0. The Bertz CT molecular complexity index is 289. The minimum absolute atomic E-state index is 0.109. The molecular formula is C17H42N2O2Si2. The molecule has 0 aromatic heterocycles. The molecular weight excluding hydrogens is 320 g/mol. The zero-order valence-corrected chi connectivity index (χ0v) is 18.5. The van der Waals surface area contributed by atoms with E-state index in [4.69, 9.17) is 20.3 Å². The van der Waals surface area contributed by atoms with E-state index >= 15 is 0 Å². The summed E-state index contributed by atoms with van der Waals surface area (Å²) in [7, 11) is -3.00. The standard InChI is InChI=1S/C17H42N2O2Si2/c1-7-20-22(3,4)15-9-11-17(19,13-14-18)12-10-16-23(5,6)21-8-2/h7-16,18-19H2,1-6H3. The van der Waals surface area contributed by atoms with Crippen LogP contribution in [-0.2, 0) is 8.85 Å². The highest BCUT2D eigenvalue weighted by atomic mass is 28.4. The van der Waals surface area contributed by atoms with Crippen molar-refractivity contribution in [1.29, 1.82) is 0 Å². The zero-order chi connectivity index (χ0) is 18.0. The monoisotopic (exact) mass is 362 g/mol. The van der Waals surface area contributed by atoms with Gasteiger partial charge in [-0.2, -0.15) is 0 Å². The SMILES string of the molecule is CCO[Si](C)(C)CCCC(N)(CCN)CCC[Si](C)(C)OCC. The molecule has 4 N–H and O–H groups in total. The van der Waals surface area contributed by atoms with Gasteiger partial charge in [0.05, 0.1) is 0 Å².